The van der Waals surface area contributed by atoms with E-state index in [9.17, 15) is 9.59 Å². The molecule has 7 nitrogen and oxygen atoms in total. The van der Waals surface area contributed by atoms with Crippen LogP contribution in [-0.2, 0) is 4.79 Å². The highest BCUT2D eigenvalue weighted by molar-refractivity contribution is 5.99. The Hall–Kier alpha value is -2.44. The third-order valence-corrected chi connectivity index (χ3v) is 6.25. The number of nitrogens with one attached hydrogen (secondary N) is 1. The van der Waals surface area contributed by atoms with Crippen LogP contribution in [-0.4, -0.2) is 44.9 Å². The molecule has 2 aromatic heterocycles. The lowest BCUT2D eigenvalue weighted by atomic mass is 9.86. The maximum absolute atomic E-state index is 13.2. The van der Waals surface area contributed by atoms with Crippen LogP contribution in [0.1, 0.15) is 79.9 Å². The molecule has 2 fully saturated rings. The summed E-state index contributed by atoms with van der Waals surface area (Å²) in [5.74, 6) is 0.597. The Labute approximate surface area is 165 Å². The third-order valence-electron chi connectivity index (χ3n) is 6.25. The van der Waals surface area contributed by atoms with Crippen molar-refractivity contribution in [2.75, 3.05) is 13.6 Å². The fraction of sp³-hybridized carbons (Fsp3) is 0.619. The van der Waals surface area contributed by atoms with Crippen molar-refractivity contribution < 1.29 is 9.59 Å². The average Bonchev–Trinajstić information content (AvgIpc) is 3.18. The van der Waals surface area contributed by atoms with Crippen molar-refractivity contribution in [3.8, 4) is 0 Å². The molecule has 7 heteroatoms. The van der Waals surface area contributed by atoms with Gasteiger partial charge in [0, 0.05) is 26.2 Å². The van der Waals surface area contributed by atoms with Gasteiger partial charge in [0.05, 0.1) is 17.9 Å². The van der Waals surface area contributed by atoms with Gasteiger partial charge in [0.15, 0.2) is 5.65 Å². The van der Waals surface area contributed by atoms with E-state index >= 15 is 0 Å². The number of rotatable bonds is 4. The summed E-state index contributed by atoms with van der Waals surface area (Å²) in [4.78, 5) is 31.7. The first kappa shape index (κ1) is 18.9. The van der Waals surface area contributed by atoms with Gasteiger partial charge in [0.1, 0.15) is 5.56 Å². The molecule has 4 rings (SSSR count). The van der Waals surface area contributed by atoms with Crippen molar-refractivity contribution in [1.82, 2.24) is 24.8 Å². The van der Waals surface area contributed by atoms with Gasteiger partial charge in [-0.2, -0.15) is 5.10 Å². The molecule has 1 N–H and O–H groups in total. The van der Waals surface area contributed by atoms with Gasteiger partial charge in [-0.05, 0) is 44.1 Å². The molecule has 1 atom stereocenters. The highest BCUT2D eigenvalue weighted by Gasteiger charge is 2.31. The van der Waals surface area contributed by atoms with E-state index in [0.717, 1.165) is 31.5 Å². The molecular weight excluding hydrogens is 354 g/mol. The van der Waals surface area contributed by atoms with Crippen molar-refractivity contribution in [3.63, 3.8) is 0 Å². The van der Waals surface area contributed by atoms with Crippen LogP contribution in [0.4, 0.5) is 0 Å². The predicted octanol–water partition coefficient (Wildman–Crippen LogP) is 3.11. The Morgan fingerprint density at radius 1 is 1.14 bits per heavy atom. The Kier molecular flexibility index (Phi) is 5.59. The molecule has 0 radical (unpaired) electrons. The quantitative estimate of drug-likeness (QED) is 0.880. The number of piperidine rings is 1. The van der Waals surface area contributed by atoms with Gasteiger partial charge in [-0.3, -0.25) is 9.59 Å². The molecular formula is C21H29N5O2. The fourth-order valence-corrected chi connectivity index (χ4v) is 4.75. The minimum absolute atomic E-state index is 0.00669. The first-order valence-electron chi connectivity index (χ1n) is 10.5. The van der Waals surface area contributed by atoms with Crippen LogP contribution in [0, 0.1) is 5.92 Å². The van der Waals surface area contributed by atoms with E-state index in [4.69, 9.17) is 0 Å². The second kappa shape index (κ2) is 8.29. The molecule has 1 aliphatic heterocycles. The molecule has 2 aromatic rings. The van der Waals surface area contributed by atoms with E-state index in [1.54, 1.807) is 24.0 Å². The molecule has 1 aliphatic carbocycles. The van der Waals surface area contributed by atoms with E-state index in [-0.39, 0.29) is 17.9 Å². The van der Waals surface area contributed by atoms with Crippen LogP contribution in [0.3, 0.4) is 0 Å². The third kappa shape index (κ3) is 3.62. The van der Waals surface area contributed by atoms with Crippen LogP contribution in [0.2, 0.25) is 0 Å². The SMILES string of the molecule is CNC(=O)c1cnn2c([C@H]3CCCCN3C(=O)CC3CCCCC3)ccnc12. The maximum atomic E-state index is 13.2. The number of hydrogen-bond donors (Lipinski definition) is 1. The highest BCUT2D eigenvalue weighted by atomic mass is 16.2. The number of aromatic nitrogens is 3. The van der Waals surface area contributed by atoms with Crippen LogP contribution in [0.15, 0.2) is 18.5 Å². The molecule has 0 spiro atoms. The van der Waals surface area contributed by atoms with Gasteiger partial charge < -0.3 is 10.2 Å². The summed E-state index contributed by atoms with van der Waals surface area (Å²) in [6.45, 7) is 0.795. The first-order valence-corrected chi connectivity index (χ1v) is 10.5. The number of carbonyl (C=O) groups excluding carboxylic acids is 2. The van der Waals surface area contributed by atoms with Gasteiger partial charge in [0.25, 0.3) is 5.91 Å². The topological polar surface area (TPSA) is 79.6 Å². The van der Waals surface area contributed by atoms with Crippen LogP contribution >= 0.6 is 0 Å². The number of fused-ring (bicyclic) bond motifs is 1. The zero-order valence-corrected chi connectivity index (χ0v) is 16.6. The van der Waals surface area contributed by atoms with Gasteiger partial charge in [-0.25, -0.2) is 9.50 Å². The molecule has 2 aliphatic rings. The largest absolute Gasteiger partial charge is 0.355 e. The highest BCUT2D eigenvalue weighted by Crippen LogP contribution is 2.34. The van der Waals surface area contributed by atoms with E-state index in [1.807, 2.05) is 11.0 Å². The van der Waals surface area contributed by atoms with E-state index in [2.05, 4.69) is 15.4 Å². The summed E-state index contributed by atoms with van der Waals surface area (Å²) in [7, 11) is 1.60. The van der Waals surface area contributed by atoms with E-state index in [1.165, 1.54) is 32.1 Å². The smallest absolute Gasteiger partial charge is 0.256 e. The lowest BCUT2D eigenvalue weighted by Crippen LogP contribution is -2.40. The summed E-state index contributed by atoms with van der Waals surface area (Å²) in [5, 5.41) is 7.06. The van der Waals surface area contributed by atoms with Crippen LogP contribution in [0.25, 0.3) is 5.65 Å². The Morgan fingerprint density at radius 3 is 2.71 bits per heavy atom. The van der Waals surface area contributed by atoms with Crippen LogP contribution in [0.5, 0.6) is 0 Å². The molecule has 0 bridgehead atoms. The van der Waals surface area contributed by atoms with Crippen LogP contribution < -0.4 is 5.32 Å². The molecule has 1 saturated heterocycles. The van der Waals surface area contributed by atoms with Crippen molar-refractivity contribution in [2.45, 2.75) is 63.8 Å². The van der Waals surface area contributed by atoms with E-state index in [0.29, 0.717) is 23.5 Å². The first-order chi connectivity index (χ1) is 13.7. The zero-order chi connectivity index (χ0) is 19.5. The number of hydrogen-bond acceptors (Lipinski definition) is 4. The Morgan fingerprint density at radius 2 is 1.93 bits per heavy atom. The predicted molar refractivity (Wildman–Crippen MR) is 106 cm³/mol. The molecule has 0 unspecified atom stereocenters. The fourth-order valence-electron chi connectivity index (χ4n) is 4.75. The summed E-state index contributed by atoms with van der Waals surface area (Å²) in [6, 6.07) is 1.93. The molecule has 2 amide bonds. The average molecular weight is 383 g/mol. The summed E-state index contributed by atoms with van der Waals surface area (Å²) in [6.07, 6.45) is 13.2. The minimum atomic E-state index is -0.200. The van der Waals surface area contributed by atoms with Gasteiger partial charge >= 0.3 is 0 Å². The Bertz CT molecular complexity index is 856. The second-order valence-corrected chi connectivity index (χ2v) is 8.05. The normalized spacial score (nSPS) is 21.0. The molecule has 28 heavy (non-hydrogen) atoms. The van der Waals surface area contributed by atoms with Crippen molar-refractivity contribution in [1.29, 1.82) is 0 Å². The lowest BCUT2D eigenvalue weighted by molar-refractivity contribution is -0.136. The maximum Gasteiger partial charge on any atom is 0.256 e. The molecule has 0 aromatic carbocycles. The zero-order valence-electron chi connectivity index (χ0n) is 16.6. The summed E-state index contributed by atoms with van der Waals surface area (Å²) >= 11 is 0. The molecule has 1 saturated carbocycles. The summed E-state index contributed by atoms with van der Waals surface area (Å²) < 4.78 is 1.74. The molecule has 3 heterocycles. The number of likely N-dealkylation sites (tertiary alicyclic amines) is 1. The number of nitrogens with zero attached hydrogens (tertiary/aromatic N) is 4. The van der Waals surface area contributed by atoms with Crippen molar-refractivity contribution >= 4 is 17.5 Å². The van der Waals surface area contributed by atoms with Crippen molar-refractivity contribution in [2.24, 2.45) is 5.92 Å². The van der Waals surface area contributed by atoms with Crippen molar-refractivity contribution in [3.05, 3.63) is 29.7 Å². The minimum Gasteiger partial charge on any atom is -0.355 e. The van der Waals surface area contributed by atoms with E-state index < -0.39 is 0 Å². The second-order valence-electron chi connectivity index (χ2n) is 8.05. The monoisotopic (exact) mass is 383 g/mol. The summed E-state index contributed by atoms with van der Waals surface area (Å²) in [5.41, 5.74) is 1.94. The van der Waals surface area contributed by atoms with Gasteiger partial charge in [-0.15, -0.1) is 0 Å². The number of carbonyl (C=O) groups is 2. The Balaban J connectivity index is 1.61. The van der Waals surface area contributed by atoms with Gasteiger partial charge in [-0.1, -0.05) is 19.3 Å². The molecule has 150 valence electrons. The van der Waals surface area contributed by atoms with Gasteiger partial charge in [0.2, 0.25) is 5.91 Å². The standard InChI is InChI=1S/C21H29N5O2/c1-22-21(28)16-14-24-26-18(10-11-23-20(16)26)17-9-5-6-12-25(17)19(27)13-15-7-3-2-4-8-15/h10-11,14-15,17H,2-9,12-13H2,1H3,(H,22,28)/t17-/m1/s1. The number of amides is 2. The lowest BCUT2D eigenvalue weighted by Gasteiger charge is -2.37.